The Hall–Kier alpha value is -1.57. The van der Waals surface area contributed by atoms with Gasteiger partial charge in [0, 0.05) is 6.92 Å². The fraction of sp³-hybridized carbons (Fsp3) is 0.500. The molecule has 20 heavy (non-hydrogen) atoms. The number of rotatable bonds is 8. The lowest BCUT2D eigenvalue weighted by atomic mass is 10.0. The van der Waals surface area contributed by atoms with Gasteiger partial charge in [0.1, 0.15) is 6.61 Å². The number of unbranched alkanes of at least 4 members (excludes halogenated alkanes) is 2. The lowest BCUT2D eigenvalue weighted by molar-refractivity contribution is -0.139. The summed E-state index contributed by atoms with van der Waals surface area (Å²) in [5.41, 5.74) is 3.71. The van der Waals surface area contributed by atoms with Crippen molar-refractivity contribution in [1.29, 1.82) is 0 Å². The number of ether oxygens (including phenoxy) is 1. The fourth-order valence-electron chi connectivity index (χ4n) is 2.04. The van der Waals surface area contributed by atoms with Gasteiger partial charge in [0.05, 0.1) is 0 Å². The molecular weight excluding hydrogens is 248 g/mol. The van der Waals surface area contributed by atoms with Gasteiger partial charge in [0.15, 0.2) is 0 Å². The van der Waals surface area contributed by atoms with E-state index in [-0.39, 0.29) is 5.97 Å². The third kappa shape index (κ3) is 6.55. The number of carbonyl (C=O) groups excluding carboxylic acids is 1. The zero-order valence-electron chi connectivity index (χ0n) is 12.9. The molecular formula is C18H26O2. The molecule has 0 bridgehead atoms. The van der Waals surface area contributed by atoms with Crippen LogP contribution in [0.1, 0.15) is 57.6 Å². The predicted molar refractivity (Wildman–Crippen MR) is 84.6 cm³/mol. The first-order valence-corrected chi connectivity index (χ1v) is 7.57. The Kier molecular flexibility index (Phi) is 7.71. The number of hydrogen-bond acceptors (Lipinski definition) is 2. The van der Waals surface area contributed by atoms with Gasteiger partial charge in [-0.05, 0) is 36.0 Å². The van der Waals surface area contributed by atoms with E-state index < -0.39 is 0 Å². The van der Waals surface area contributed by atoms with Crippen molar-refractivity contribution in [2.24, 2.45) is 0 Å². The maximum absolute atomic E-state index is 10.8. The van der Waals surface area contributed by atoms with Crippen molar-refractivity contribution in [3.63, 3.8) is 0 Å². The van der Waals surface area contributed by atoms with Crippen LogP contribution in [0.15, 0.2) is 29.8 Å². The smallest absolute Gasteiger partial charge is 0.302 e. The Balaban J connectivity index is 2.59. The summed E-state index contributed by atoms with van der Waals surface area (Å²) in [6, 6.07) is 8.68. The predicted octanol–water partition coefficient (Wildman–Crippen LogP) is 4.78. The molecule has 1 aromatic rings. The molecule has 0 aromatic heterocycles. The first-order valence-electron chi connectivity index (χ1n) is 7.57. The van der Waals surface area contributed by atoms with Crippen LogP contribution in [0, 0.1) is 0 Å². The van der Waals surface area contributed by atoms with Gasteiger partial charge in [-0.15, -0.1) is 0 Å². The maximum atomic E-state index is 10.8. The van der Waals surface area contributed by atoms with E-state index in [1.165, 1.54) is 37.3 Å². The highest BCUT2D eigenvalue weighted by atomic mass is 16.5. The summed E-state index contributed by atoms with van der Waals surface area (Å²) in [6.45, 7) is 6.14. The highest BCUT2D eigenvalue weighted by Gasteiger charge is 1.99. The van der Waals surface area contributed by atoms with Gasteiger partial charge in [-0.2, -0.15) is 0 Å². The molecule has 0 radical (unpaired) electrons. The Labute approximate surface area is 122 Å². The Morgan fingerprint density at radius 2 is 1.85 bits per heavy atom. The summed E-state index contributed by atoms with van der Waals surface area (Å²) < 4.78 is 5.05. The quantitative estimate of drug-likeness (QED) is 0.504. The minimum absolute atomic E-state index is 0.226. The van der Waals surface area contributed by atoms with Crippen molar-refractivity contribution in [1.82, 2.24) is 0 Å². The molecule has 110 valence electrons. The molecule has 0 heterocycles. The lowest BCUT2D eigenvalue weighted by Gasteiger charge is -2.06. The standard InChI is InChI=1S/C18H26O2/c1-4-6-7-8-17-9-11-18(12-10-17)13-16(5-2)14-20-15(3)19/h9-13H,4-8,14H2,1-3H3/b16-13+. The Morgan fingerprint density at radius 3 is 2.40 bits per heavy atom. The lowest BCUT2D eigenvalue weighted by Crippen LogP contribution is -2.02. The van der Waals surface area contributed by atoms with Gasteiger partial charge in [0.25, 0.3) is 0 Å². The van der Waals surface area contributed by atoms with E-state index in [0.29, 0.717) is 6.61 Å². The third-order valence-corrected chi connectivity index (χ3v) is 3.33. The first-order chi connectivity index (χ1) is 9.65. The average Bonchev–Trinajstić information content (AvgIpc) is 2.45. The van der Waals surface area contributed by atoms with Crippen LogP contribution in [0.2, 0.25) is 0 Å². The fourth-order valence-corrected chi connectivity index (χ4v) is 2.04. The van der Waals surface area contributed by atoms with Crippen LogP contribution in [0.3, 0.4) is 0 Å². The molecule has 0 aliphatic carbocycles. The topological polar surface area (TPSA) is 26.3 Å². The van der Waals surface area contributed by atoms with E-state index in [0.717, 1.165) is 18.4 Å². The second-order valence-corrected chi connectivity index (χ2v) is 5.14. The molecule has 1 rings (SSSR count). The van der Waals surface area contributed by atoms with Crippen molar-refractivity contribution < 1.29 is 9.53 Å². The highest BCUT2D eigenvalue weighted by Crippen LogP contribution is 2.13. The summed E-state index contributed by atoms with van der Waals surface area (Å²) in [6.07, 6.45) is 7.98. The van der Waals surface area contributed by atoms with E-state index >= 15 is 0 Å². The van der Waals surface area contributed by atoms with Crippen LogP contribution in [0.5, 0.6) is 0 Å². The van der Waals surface area contributed by atoms with Crippen LogP contribution in [0.25, 0.3) is 6.08 Å². The van der Waals surface area contributed by atoms with Crippen molar-refractivity contribution in [2.75, 3.05) is 6.61 Å². The second-order valence-electron chi connectivity index (χ2n) is 5.14. The van der Waals surface area contributed by atoms with E-state index in [9.17, 15) is 4.79 Å². The largest absolute Gasteiger partial charge is 0.461 e. The molecule has 2 heteroatoms. The average molecular weight is 274 g/mol. The number of carbonyl (C=O) groups is 1. The van der Waals surface area contributed by atoms with Crippen LogP contribution in [-0.2, 0) is 16.0 Å². The first kappa shape index (κ1) is 16.5. The maximum Gasteiger partial charge on any atom is 0.302 e. The molecule has 0 atom stereocenters. The van der Waals surface area contributed by atoms with E-state index in [2.05, 4.69) is 44.2 Å². The van der Waals surface area contributed by atoms with Gasteiger partial charge in [-0.3, -0.25) is 4.79 Å². The van der Waals surface area contributed by atoms with Crippen LogP contribution in [0.4, 0.5) is 0 Å². The van der Waals surface area contributed by atoms with E-state index in [1.54, 1.807) is 0 Å². The number of hydrogen-bond donors (Lipinski definition) is 0. The molecule has 0 amide bonds. The minimum atomic E-state index is -0.226. The molecule has 0 fully saturated rings. The van der Waals surface area contributed by atoms with Crippen LogP contribution < -0.4 is 0 Å². The normalized spacial score (nSPS) is 11.4. The Morgan fingerprint density at radius 1 is 1.15 bits per heavy atom. The molecule has 1 aromatic carbocycles. The zero-order valence-corrected chi connectivity index (χ0v) is 12.9. The molecule has 0 spiro atoms. The Bertz CT molecular complexity index is 429. The van der Waals surface area contributed by atoms with Crippen molar-refractivity contribution in [2.45, 2.75) is 52.9 Å². The van der Waals surface area contributed by atoms with E-state index in [1.807, 2.05) is 0 Å². The van der Waals surface area contributed by atoms with Gasteiger partial charge in [0.2, 0.25) is 0 Å². The zero-order chi connectivity index (χ0) is 14.8. The minimum Gasteiger partial charge on any atom is -0.461 e. The summed E-state index contributed by atoms with van der Waals surface area (Å²) in [5.74, 6) is -0.226. The van der Waals surface area contributed by atoms with E-state index in [4.69, 9.17) is 4.74 Å². The highest BCUT2D eigenvalue weighted by molar-refractivity contribution is 5.66. The second kappa shape index (κ2) is 9.35. The van der Waals surface area contributed by atoms with Crippen molar-refractivity contribution >= 4 is 12.0 Å². The van der Waals surface area contributed by atoms with Gasteiger partial charge in [-0.25, -0.2) is 0 Å². The molecule has 0 saturated heterocycles. The monoisotopic (exact) mass is 274 g/mol. The van der Waals surface area contributed by atoms with Crippen molar-refractivity contribution in [3.8, 4) is 0 Å². The van der Waals surface area contributed by atoms with Crippen LogP contribution in [-0.4, -0.2) is 12.6 Å². The third-order valence-electron chi connectivity index (χ3n) is 3.33. The van der Waals surface area contributed by atoms with Gasteiger partial charge < -0.3 is 4.74 Å². The summed E-state index contributed by atoms with van der Waals surface area (Å²) in [5, 5.41) is 0. The molecule has 0 N–H and O–H groups in total. The van der Waals surface area contributed by atoms with Crippen LogP contribution >= 0.6 is 0 Å². The summed E-state index contributed by atoms with van der Waals surface area (Å²) in [7, 11) is 0. The van der Waals surface area contributed by atoms with Gasteiger partial charge >= 0.3 is 5.97 Å². The molecule has 2 nitrogen and oxygen atoms in total. The summed E-state index contributed by atoms with van der Waals surface area (Å²) in [4.78, 5) is 10.8. The summed E-state index contributed by atoms with van der Waals surface area (Å²) >= 11 is 0. The molecule has 0 unspecified atom stereocenters. The van der Waals surface area contributed by atoms with Gasteiger partial charge in [-0.1, -0.05) is 57.0 Å². The SMILES string of the molecule is CCCCCc1ccc(/C=C(\CC)COC(C)=O)cc1. The van der Waals surface area contributed by atoms with Crippen molar-refractivity contribution in [3.05, 3.63) is 41.0 Å². The molecule has 0 aliphatic rings. The number of esters is 1. The molecule has 0 aliphatic heterocycles. The number of aryl methyl sites for hydroxylation is 1. The number of benzene rings is 1. The molecule has 0 saturated carbocycles.